The second kappa shape index (κ2) is 7.93. The van der Waals surface area contributed by atoms with Gasteiger partial charge in [0.15, 0.2) is 5.65 Å². The molecule has 0 saturated heterocycles. The first-order chi connectivity index (χ1) is 14.4. The number of methoxy groups -OCH3 is 1. The molecular weight excluding hydrogens is 382 g/mol. The fraction of sp³-hybridized carbons (Fsp3) is 0.455. The largest absolute Gasteiger partial charge is 0.496 e. The molecule has 8 heteroatoms. The van der Waals surface area contributed by atoms with Gasteiger partial charge in [0.2, 0.25) is 5.91 Å². The number of aryl methyl sites for hydroxylation is 1. The highest BCUT2D eigenvalue weighted by molar-refractivity contribution is 5.91. The number of aromatic amines is 1. The van der Waals surface area contributed by atoms with E-state index in [0.717, 1.165) is 18.5 Å². The zero-order valence-corrected chi connectivity index (χ0v) is 17.9. The lowest BCUT2D eigenvalue weighted by molar-refractivity contribution is -0.116. The topological polar surface area (TPSA) is 93.1 Å². The summed E-state index contributed by atoms with van der Waals surface area (Å²) in [6, 6.07) is 5.37. The van der Waals surface area contributed by atoms with Crippen molar-refractivity contribution in [3.8, 4) is 17.1 Å². The van der Waals surface area contributed by atoms with Gasteiger partial charge in [-0.15, -0.1) is 0 Å². The highest BCUT2D eigenvalue weighted by atomic mass is 16.5. The van der Waals surface area contributed by atoms with E-state index in [9.17, 15) is 9.59 Å². The van der Waals surface area contributed by atoms with Crippen LogP contribution < -0.4 is 15.2 Å². The maximum Gasteiger partial charge on any atom is 0.262 e. The van der Waals surface area contributed by atoms with E-state index in [0.29, 0.717) is 39.8 Å². The minimum Gasteiger partial charge on any atom is -0.496 e. The first kappa shape index (κ1) is 20.1. The second-order valence-electron chi connectivity index (χ2n) is 7.92. The lowest BCUT2D eigenvalue weighted by Crippen LogP contribution is -2.22. The van der Waals surface area contributed by atoms with Crippen LogP contribution in [0, 0.1) is 0 Å². The number of nitrogens with one attached hydrogen (secondary N) is 1. The number of carbonyl (C=O) groups is 1. The van der Waals surface area contributed by atoms with Crippen molar-refractivity contribution in [3.63, 3.8) is 0 Å². The Morgan fingerprint density at radius 2 is 2.00 bits per heavy atom. The van der Waals surface area contributed by atoms with Gasteiger partial charge in [-0.3, -0.25) is 9.59 Å². The van der Waals surface area contributed by atoms with Gasteiger partial charge in [-0.2, -0.15) is 5.10 Å². The molecule has 1 aromatic carbocycles. The van der Waals surface area contributed by atoms with Crippen LogP contribution in [0.3, 0.4) is 0 Å². The first-order valence-electron chi connectivity index (χ1n) is 10.3. The maximum atomic E-state index is 13.1. The minimum absolute atomic E-state index is 0.0807. The van der Waals surface area contributed by atoms with Crippen LogP contribution in [0.4, 0.5) is 5.69 Å². The summed E-state index contributed by atoms with van der Waals surface area (Å²) in [5.41, 5.74) is 2.60. The molecule has 1 aliphatic carbocycles. The summed E-state index contributed by atoms with van der Waals surface area (Å²) in [4.78, 5) is 33.9. The molecule has 1 aliphatic rings. The van der Waals surface area contributed by atoms with Gasteiger partial charge in [0.1, 0.15) is 17.0 Å². The molecule has 0 unspecified atom stereocenters. The molecule has 30 heavy (non-hydrogen) atoms. The molecule has 0 aliphatic heterocycles. The third-order valence-electron chi connectivity index (χ3n) is 6.01. The van der Waals surface area contributed by atoms with Crippen LogP contribution in [0.5, 0.6) is 5.75 Å². The normalized spacial score (nSPS) is 14.8. The third kappa shape index (κ3) is 3.46. The Hall–Kier alpha value is -3.16. The number of H-pyrrole nitrogens is 1. The molecule has 1 saturated carbocycles. The highest BCUT2D eigenvalue weighted by Gasteiger charge is 2.25. The molecule has 158 valence electrons. The number of anilines is 1. The smallest absolute Gasteiger partial charge is 0.262 e. The summed E-state index contributed by atoms with van der Waals surface area (Å²) >= 11 is 0. The zero-order valence-electron chi connectivity index (χ0n) is 17.9. The summed E-state index contributed by atoms with van der Waals surface area (Å²) < 4.78 is 7.23. The average molecular weight is 409 g/mol. The van der Waals surface area contributed by atoms with E-state index in [2.05, 4.69) is 10.1 Å². The highest BCUT2D eigenvalue weighted by Crippen LogP contribution is 2.35. The number of ether oxygens (including phenoxy) is 1. The molecule has 8 nitrogen and oxygen atoms in total. The fourth-order valence-corrected chi connectivity index (χ4v) is 4.24. The molecule has 2 aromatic heterocycles. The van der Waals surface area contributed by atoms with Crippen LogP contribution in [0.2, 0.25) is 0 Å². The zero-order chi connectivity index (χ0) is 21.4. The molecular formula is C22H27N5O3. The van der Waals surface area contributed by atoms with Gasteiger partial charge in [-0.05, 0) is 25.0 Å². The minimum atomic E-state index is -0.185. The van der Waals surface area contributed by atoms with E-state index < -0.39 is 0 Å². The van der Waals surface area contributed by atoms with E-state index in [1.807, 2.05) is 7.05 Å². The average Bonchev–Trinajstić information content (AvgIpc) is 3.10. The van der Waals surface area contributed by atoms with Crippen LogP contribution in [0.25, 0.3) is 22.4 Å². The van der Waals surface area contributed by atoms with Crippen molar-refractivity contribution < 1.29 is 9.53 Å². The Morgan fingerprint density at radius 3 is 2.67 bits per heavy atom. The second-order valence-corrected chi connectivity index (χ2v) is 7.92. The van der Waals surface area contributed by atoms with Crippen LogP contribution >= 0.6 is 0 Å². The molecule has 1 amide bonds. The Kier molecular flexibility index (Phi) is 5.32. The van der Waals surface area contributed by atoms with E-state index in [-0.39, 0.29) is 11.5 Å². The molecule has 4 rings (SSSR count). The summed E-state index contributed by atoms with van der Waals surface area (Å²) in [6.45, 7) is 1.50. The molecule has 2 heterocycles. The molecule has 0 spiro atoms. The number of fused-ring (bicyclic) bond motifs is 1. The van der Waals surface area contributed by atoms with E-state index in [1.165, 1.54) is 31.1 Å². The number of hydrogen-bond donors (Lipinski definition) is 1. The van der Waals surface area contributed by atoms with E-state index in [4.69, 9.17) is 9.72 Å². The molecule has 0 radical (unpaired) electrons. The number of carbonyl (C=O) groups excluding carboxylic acids is 1. The monoisotopic (exact) mass is 409 g/mol. The standard InChI is InChI=1S/C22H27N5O3/c1-13(28)26(2)15-10-11-16(17(12-15)30-4)20-23-21-18(22(29)24-20)19(25-27(21)3)14-8-6-5-7-9-14/h10-12,14H,5-9H2,1-4H3,(H,23,24,29). The number of rotatable bonds is 4. The number of hydrogen-bond acceptors (Lipinski definition) is 5. The van der Waals surface area contributed by atoms with Gasteiger partial charge in [0.05, 0.1) is 18.4 Å². The van der Waals surface area contributed by atoms with Crippen LogP contribution in [0.15, 0.2) is 23.0 Å². The lowest BCUT2D eigenvalue weighted by Gasteiger charge is -2.19. The van der Waals surface area contributed by atoms with E-state index in [1.54, 1.807) is 37.0 Å². The van der Waals surface area contributed by atoms with Crippen molar-refractivity contribution in [2.24, 2.45) is 7.05 Å². The Bertz CT molecular complexity index is 1160. The molecule has 3 aromatic rings. The van der Waals surface area contributed by atoms with Gasteiger partial charge in [0, 0.05) is 38.7 Å². The summed E-state index contributed by atoms with van der Waals surface area (Å²) in [5.74, 6) is 1.17. The number of amides is 1. The van der Waals surface area contributed by atoms with Crippen molar-refractivity contribution in [1.29, 1.82) is 0 Å². The molecule has 1 N–H and O–H groups in total. The predicted molar refractivity (Wildman–Crippen MR) is 116 cm³/mol. The van der Waals surface area contributed by atoms with Crippen LogP contribution in [-0.4, -0.2) is 39.8 Å². The maximum absolute atomic E-state index is 13.1. The Labute approximate surface area is 174 Å². The number of benzene rings is 1. The lowest BCUT2D eigenvalue weighted by atomic mass is 9.86. The van der Waals surface area contributed by atoms with Gasteiger partial charge in [0.25, 0.3) is 5.56 Å². The van der Waals surface area contributed by atoms with Crippen molar-refractivity contribution >= 4 is 22.6 Å². The quantitative estimate of drug-likeness (QED) is 0.713. The van der Waals surface area contributed by atoms with Crippen LogP contribution in [0.1, 0.15) is 50.6 Å². The van der Waals surface area contributed by atoms with Gasteiger partial charge in [-0.25, -0.2) is 9.67 Å². The summed E-state index contributed by atoms with van der Waals surface area (Å²) in [6.07, 6.45) is 5.71. The Balaban J connectivity index is 1.82. The third-order valence-corrected chi connectivity index (χ3v) is 6.01. The van der Waals surface area contributed by atoms with Gasteiger partial charge < -0.3 is 14.6 Å². The van der Waals surface area contributed by atoms with Gasteiger partial charge in [-0.1, -0.05) is 19.3 Å². The van der Waals surface area contributed by atoms with Crippen molar-refractivity contribution in [3.05, 3.63) is 34.2 Å². The van der Waals surface area contributed by atoms with Crippen LogP contribution in [-0.2, 0) is 11.8 Å². The van der Waals surface area contributed by atoms with Crippen molar-refractivity contribution in [1.82, 2.24) is 19.7 Å². The summed E-state index contributed by atoms with van der Waals surface area (Å²) in [5, 5.41) is 5.25. The van der Waals surface area contributed by atoms with Gasteiger partial charge >= 0.3 is 0 Å². The molecule has 0 bridgehead atoms. The van der Waals surface area contributed by atoms with E-state index >= 15 is 0 Å². The number of aromatic nitrogens is 4. The number of nitrogens with zero attached hydrogens (tertiary/aromatic N) is 4. The Morgan fingerprint density at radius 1 is 1.27 bits per heavy atom. The molecule has 1 fully saturated rings. The predicted octanol–water partition coefficient (Wildman–Crippen LogP) is 3.36. The van der Waals surface area contributed by atoms with Crippen molar-refractivity contribution in [2.45, 2.75) is 44.9 Å². The fourth-order valence-electron chi connectivity index (χ4n) is 4.24. The van der Waals surface area contributed by atoms with Crippen molar-refractivity contribution in [2.75, 3.05) is 19.1 Å². The first-order valence-corrected chi connectivity index (χ1v) is 10.3. The molecule has 0 atom stereocenters. The SMILES string of the molecule is COc1cc(N(C)C(C)=O)ccc1-c1nc2c(c(C3CCCCC3)nn2C)c(=O)[nH]1. The summed E-state index contributed by atoms with van der Waals surface area (Å²) in [7, 11) is 5.08.